The second-order valence-corrected chi connectivity index (χ2v) is 5.76. The number of amides is 2. The van der Waals surface area contributed by atoms with Gasteiger partial charge in [0.05, 0.1) is 29.6 Å². The van der Waals surface area contributed by atoms with E-state index >= 15 is 0 Å². The van der Waals surface area contributed by atoms with Gasteiger partial charge < -0.3 is 15.6 Å². The topological polar surface area (TPSA) is 104 Å². The Morgan fingerprint density at radius 2 is 1.92 bits per heavy atom. The molecule has 0 spiro atoms. The van der Waals surface area contributed by atoms with Crippen LogP contribution in [0.4, 0.5) is 0 Å². The predicted molar refractivity (Wildman–Crippen MR) is 95.5 cm³/mol. The van der Waals surface area contributed by atoms with Crippen molar-refractivity contribution < 1.29 is 9.59 Å². The maximum atomic E-state index is 12.1. The van der Waals surface area contributed by atoms with Gasteiger partial charge in [-0.1, -0.05) is 18.2 Å². The van der Waals surface area contributed by atoms with Crippen LogP contribution in [0.2, 0.25) is 0 Å². The van der Waals surface area contributed by atoms with E-state index in [4.69, 9.17) is 0 Å². The van der Waals surface area contributed by atoms with Crippen LogP contribution in [0.25, 0.3) is 16.6 Å². The molecule has 4 aromatic rings. The average molecular weight is 348 g/mol. The molecule has 0 bridgehead atoms. The van der Waals surface area contributed by atoms with E-state index in [9.17, 15) is 9.59 Å². The highest BCUT2D eigenvalue weighted by molar-refractivity contribution is 5.95. The Kier molecular flexibility index (Phi) is 4.06. The Morgan fingerprint density at radius 3 is 2.77 bits per heavy atom. The predicted octanol–water partition coefficient (Wildman–Crippen LogP) is 1.26. The number of aromatic amines is 1. The molecule has 0 atom stereocenters. The molecule has 0 saturated carbocycles. The summed E-state index contributed by atoms with van der Waals surface area (Å²) >= 11 is 0. The first kappa shape index (κ1) is 15.8. The zero-order valence-corrected chi connectivity index (χ0v) is 13.8. The molecule has 4 rings (SSSR count). The van der Waals surface area contributed by atoms with Crippen LogP contribution in [-0.2, 0) is 11.3 Å². The van der Waals surface area contributed by atoms with E-state index in [0.717, 1.165) is 16.6 Å². The van der Waals surface area contributed by atoms with Gasteiger partial charge >= 0.3 is 0 Å². The molecule has 0 unspecified atom stereocenters. The summed E-state index contributed by atoms with van der Waals surface area (Å²) in [6, 6.07) is 14.8. The van der Waals surface area contributed by atoms with E-state index in [0.29, 0.717) is 5.82 Å². The van der Waals surface area contributed by atoms with E-state index in [1.165, 1.54) is 0 Å². The molecule has 1 aromatic carbocycles. The highest BCUT2D eigenvalue weighted by atomic mass is 16.2. The van der Waals surface area contributed by atoms with Crippen LogP contribution in [0, 0.1) is 0 Å². The van der Waals surface area contributed by atoms with Crippen molar-refractivity contribution in [2.45, 2.75) is 6.54 Å². The lowest BCUT2D eigenvalue weighted by Gasteiger charge is -2.04. The van der Waals surface area contributed by atoms with Gasteiger partial charge in [0, 0.05) is 6.20 Å². The summed E-state index contributed by atoms with van der Waals surface area (Å²) in [4.78, 5) is 31.6. The molecular formula is C18H16N6O2. The lowest BCUT2D eigenvalue weighted by atomic mass is 10.3. The summed E-state index contributed by atoms with van der Waals surface area (Å²) in [5.41, 5.74) is 2.84. The van der Waals surface area contributed by atoms with Gasteiger partial charge in [-0.25, -0.2) is 9.50 Å². The number of rotatable bonds is 5. The van der Waals surface area contributed by atoms with E-state index in [2.05, 4.69) is 25.7 Å². The van der Waals surface area contributed by atoms with E-state index in [1.807, 2.05) is 42.5 Å². The number of nitrogens with zero attached hydrogens (tertiary/aromatic N) is 3. The fraction of sp³-hybridized carbons (Fsp3) is 0.111. The van der Waals surface area contributed by atoms with Gasteiger partial charge in [-0.05, 0) is 30.3 Å². The zero-order chi connectivity index (χ0) is 17.9. The van der Waals surface area contributed by atoms with Crippen molar-refractivity contribution in [2.75, 3.05) is 6.54 Å². The monoisotopic (exact) mass is 348 g/mol. The first-order valence-corrected chi connectivity index (χ1v) is 8.12. The van der Waals surface area contributed by atoms with Crippen molar-refractivity contribution in [3.05, 3.63) is 66.2 Å². The lowest BCUT2D eigenvalue weighted by molar-refractivity contribution is -0.120. The summed E-state index contributed by atoms with van der Waals surface area (Å²) in [6.45, 7) is 0.130. The molecule has 26 heavy (non-hydrogen) atoms. The van der Waals surface area contributed by atoms with Gasteiger partial charge in [0.15, 0.2) is 5.69 Å². The van der Waals surface area contributed by atoms with Crippen LogP contribution in [0.3, 0.4) is 0 Å². The Balaban J connectivity index is 1.31. The number of fused-ring (bicyclic) bond motifs is 2. The van der Waals surface area contributed by atoms with Gasteiger partial charge in [-0.15, -0.1) is 0 Å². The highest BCUT2D eigenvalue weighted by Gasteiger charge is 2.12. The summed E-state index contributed by atoms with van der Waals surface area (Å²) in [7, 11) is 0. The molecule has 3 aromatic heterocycles. The molecule has 0 aliphatic heterocycles. The third kappa shape index (κ3) is 3.25. The average Bonchev–Trinajstić information content (AvgIpc) is 3.27. The molecule has 0 radical (unpaired) electrons. The van der Waals surface area contributed by atoms with Crippen molar-refractivity contribution in [3.8, 4) is 0 Å². The Labute approximate surface area is 148 Å². The van der Waals surface area contributed by atoms with Crippen molar-refractivity contribution >= 4 is 28.4 Å². The SMILES string of the molecule is O=C(CNC(=O)c1cc2ccccn2n1)NCc1nc2ccccc2[nH]1. The van der Waals surface area contributed by atoms with Gasteiger partial charge in [-0.3, -0.25) is 9.59 Å². The molecule has 3 N–H and O–H groups in total. The number of aromatic nitrogens is 4. The number of H-pyrrole nitrogens is 1. The number of imidazole rings is 1. The Morgan fingerprint density at radius 1 is 1.08 bits per heavy atom. The normalized spacial score (nSPS) is 10.9. The quantitative estimate of drug-likeness (QED) is 0.505. The second-order valence-electron chi connectivity index (χ2n) is 5.76. The van der Waals surface area contributed by atoms with Crippen molar-refractivity contribution in [1.82, 2.24) is 30.2 Å². The maximum Gasteiger partial charge on any atom is 0.272 e. The van der Waals surface area contributed by atoms with E-state index in [-0.39, 0.29) is 24.7 Å². The summed E-state index contributed by atoms with van der Waals surface area (Å²) in [6.07, 6.45) is 1.76. The fourth-order valence-corrected chi connectivity index (χ4v) is 2.63. The molecule has 130 valence electrons. The molecule has 0 aliphatic rings. The number of carbonyl (C=O) groups excluding carboxylic acids is 2. The van der Waals surface area contributed by atoms with Gasteiger partial charge in [0.2, 0.25) is 5.91 Å². The third-order valence-electron chi connectivity index (χ3n) is 3.90. The molecule has 0 saturated heterocycles. The van der Waals surface area contributed by atoms with E-state index < -0.39 is 5.91 Å². The number of hydrogen-bond donors (Lipinski definition) is 3. The minimum Gasteiger partial charge on any atom is -0.347 e. The number of carbonyl (C=O) groups is 2. The number of benzene rings is 1. The minimum atomic E-state index is -0.396. The zero-order valence-electron chi connectivity index (χ0n) is 13.8. The summed E-state index contributed by atoms with van der Waals surface area (Å²) in [5.74, 6) is -0.0404. The van der Waals surface area contributed by atoms with Crippen molar-refractivity contribution in [1.29, 1.82) is 0 Å². The van der Waals surface area contributed by atoms with Crippen LogP contribution in [0.15, 0.2) is 54.7 Å². The van der Waals surface area contributed by atoms with Gasteiger partial charge in [0.1, 0.15) is 5.82 Å². The van der Waals surface area contributed by atoms with Crippen LogP contribution in [0.5, 0.6) is 0 Å². The maximum absolute atomic E-state index is 12.1. The van der Waals surface area contributed by atoms with Crippen molar-refractivity contribution in [3.63, 3.8) is 0 Å². The second kappa shape index (κ2) is 6.67. The first-order chi connectivity index (χ1) is 12.7. The molecule has 8 nitrogen and oxygen atoms in total. The van der Waals surface area contributed by atoms with Crippen LogP contribution in [0.1, 0.15) is 16.3 Å². The van der Waals surface area contributed by atoms with Gasteiger partial charge in [-0.2, -0.15) is 5.10 Å². The summed E-state index contributed by atoms with van der Waals surface area (Å²) < 4.78 is 1.61. The standard InChI is InChI=1S/C18H16N6O2/c25-17(19-10-16-21-13-6-1-2-7-14(13)22-16)11-20-18(26)15-9-12-5-3-4-8-24(12)23-15/h1-9H,10-11H2,(H,19,25)(H,20,26)(H,21,22). The largest absolute Gasteiger partial charge is 0.347 e. The number of para-hydroxylation sites is 2. The molecule has 0 aliphatic carbocycles. The smallest absolute Gasteiger partial charge is 0.272 e. The number of nitrogens with one attached hydrogen (secondary N) is 3. The van der Waals surface area contributed by atoms with Crippen LogP contribution >= 0.6 is 0 Å². The minimum absolute atomic E-state index is 0.132. The van der Waals surface area contributed by atoms with E-state index in [1.54, 1.807) is 16.8 Å². The van der Waals surface area contributed by atoms with Gasteiger partial charge in [0.25, 0.3) is 5.91 Å². The molecule has 3 heterocycles. The molecular weight excluding hydrogens is 332 g/mol. The highest BCUT2D eigenvalue weighted by Crippen LogP contribution is 2.09. The van der Waals surface area contributed by atoms with Crippen molar-refractivity contribution in [2.24, 2.45) is 0 Å². The lowest BCUT2D eigenvalue weighted by Crippen LogP contribution is -2.36. The van der Waals surface area contributed by atoms with Crippen LogP contribution < -0.4 is 10.6 Å². The fourth-order valence-electron chi connectivity index (χ4n) is 2.63. The number of pyridine rings is 1. The Bertz CT molecular complexity index is 1030. The Hall–Kier alpha value is -3.68. The molecule has 8 heteroatoms. The molecule has 0 fully saturated rings. The molecule has 2 amide bonds. The first-order valence-electron chi connectivity index (χ1n) is 8.12. The third-order valence-corrected chi connectivity index (χ3v) is 3.90. The number of hydrogen-bond acceptors (Lipinski definition) is 4. The van der Waals surface area contributed by atoms with Crippen LogP contribution in [-0.4, -0.2) is 37.9 Å². The summed E-state index contributed by atoms with van der Waals surface area (Å²) in [5, 5.41) is 9.45.